The first-order valence-electron chi connectivity index (χ1n) is 35.0. The maximum atomic E-state index is 3.82. The van der Waals surface area contributed by atoms with Crippen molar-refractivity contribution in [1.82, 2.24) is 18.7 Å². The summed E-state index contributed by atoms with van der Waals surface area (Å²) >= 11 is 0. The fraction of sp³-hybridized carbons (Fsp3) is 0.0625. The van der Waals surface area contributed by atoms with E-state index in [0.29, 0.717) is 0 Å². The van der Waals surface area contributed by atoms with Crippen LogP contribution in [0.1, 0.15) is 49.9 Å². The van der Waals surface area contributed by atoms with Crippen molar-refractivity contribution < 1.29 is 0 Å². The van der Waals surface area contributed by atoms with Gasteiger partial charge in [0.2, 0.25) is 0 Å². The third kappa shape index (κ3) is 8.66. The fourth-order valence-corrected chi connectivity index (χ4v) is 17.4. The number of benzene rings is 15. The van der Waals surface area contributed by atoms with E-state index in [1.165, 1.54) is 188 Å². The molecule has 0 saturated heterocycles. The summed E-state index contributed by atoms with van der Waals surface area (Å²) in [6.07, 6.45) is 0. The minimum Gasteiger partial charge on any atom is -0.354 e. The highest BCUT2D eigenvalue weighted by molar-refractivity contribution is 6.18. The Hall–Kier alpha value is -12.5. The van der Waals surface area contributed by atoms with Crippen LogP contribution in [0.2, 0.25) is 0 Å². The molecule has 4 heterocycles. The van der Waals surface area contributed by atoms with Crippen molar-refractivity contribution >= 4 is 87.2 Å². The predicted molar refractivity (Wildman–Crippen MR) is 422 cm³/mol. The van der Waals surface area contributed by atoms with E-state index in [2.05, 4.69) is 380 Å². The quantitative estimate of drug-likeness (QED) is 0.165. The Balaban J connectivity index is 0.000000136. The Kier molecular flexibility index (Phi) is 12.7. The number of nitrogens with one attached hydrogen (secondary N) is 1. The molecular weight excluding hydrogens is 1210 g/mol. The summed E-state index contributed by atoms with van der Waals surface area (Å²) in [6.45, 7) is 9.42. The van der Waals surface area contributed by atoms with Gasteiger partial charge in [-0.1, -0.05) is 264 Å². The van der Waals surface area contributed by atoms with E-state index in [-0.39, 0.29) is 10.8 Å². The summed E-state index contributed by atoms with van der Waals surface area (Å²) in [6, 6.07) is 123. The van der Waals surface area contributed by atoms with Crippen LogP contribution in [-0.4, -0.2) is 18.7 Å². The summed E-state index contributed by atoms with van der Waals surface area (Å²) in [5.74, 6) is 0. The number of fused-ring (bicyclic) bond motifs is 20. The van der Waals surface area contributed by atoms with E-state index >= 15 is 0 Å². The monoisotopic (exact) mass is 1280 g/mol. The Labute approximate surface area is 580 Å². The third-order valence-electron chi connectivity index (χ3n) is 22.2. The Morgan fingerprint density at radius 1 is 0.230 bits per heavy atom. The lowest BCUT2D eigenvalue weighted by molar-refractivity contribution is 0.660. The number of para-hydroxylation sites is 3. The van der Waals surface area contributed by atoms with Crippen molar-refractivity contribution in [2.24, 2.45) is 0 Å². The number of aromatic amines is 1. The van der Waals surface area contributed by atoms with Gasteiger partial charge < -0.3 is 18.7 Å². The standard InChI is InChI=1S/C51H36N2.C45H32N2/c1-51(2)44-22-11-9-21-41(44)49-45(51)27-26-40-43-32-36(25-29-48(43)53(50(40)49)37-17-7-4-8-18-37)35-24-28-47-42(31-35)39-20-10-12-23-46(39)52(47)38-19-13-16-34(30-38)33-14-5-3-6-15-33;1-45(2)38-17-8-6-16-35(38)43-39(45)22-21-34-36-26-30(19-23-40(36)46-44(34)43)31-20-24-42-37(27-31)33-15-7-9-18-41(33)47(42)32-14-10-13-29(25-32)28-11-4-3-5-12-28/h3-32H,1-2H3;3-27,46H,1-2H3. The summed E-state index contributed by atoms with van der Waals surface area (Å²) in [5, 5.41) is 10.1. The second-order valence-corrected chi connectivity index (χ2v) is 28.4. The van der Waals surface area contributed by atoms with Crippen LogP contribution in [-0.2, 0) is 10.8 Å². The normalized spacial score (nSPS) is 13.4. The number of aromatic nitrogens is 4. The minimum absolute atomic E-state index is 0.0139. The SMILES string of the molecule is CC1(C)c2ccccc2-c2c1ccc1c2[nH]c2ccc(-c3ccc4c(c3)c3ccccc3n4-c3cccc(-c4ccccc4)c3)cc21.CC1(C)c2ccccc2-c2c1ccc1c3cc(-c4ccc5c(c4)c4ccccc4n5-c4cccc(-c5ccccc5)c4)ccc3n(-c3ccccc3)c21. The molecule has 0 atom stereocenters. The topological polar surface area (TPSA) is 30.6 Å². The van der Waals surface area contributed by atoms with Crippen molar-refractivity contribution in [1.29, 1.82) is 0 Å². The van der Waals surface area contributed by atoms with Crippen LogP contribution in [0.4, 0.5) is 0 Å². The molecule has 0 amide bonds. The summed E-state index contributed by atoms with van der Waals surface area (Å²) in [5.41, 5.74) is 34.0. The zero-order valence-electron chi connectivity index (χ0n) is 56.1. The number of rotatable bonds is 7. The van der Waals surface area contributed by atoms with Gasteiger partial charge in [0.1, 0.15) is 0 Å². The summed E-state index contributed by atoms with van der Waals surface area (Å²) in [7, 11) is 0. The van der Waals surface area contributed by atoms with E-state index in [4.69, 9.17) is 0 Å². The largest absolute Gasteiger partial charge is 0.354 e. The number of H-pyrrole nitrogens is 1. The van der Waals surface area contributed by atoms with Crippen LogP contribution in [0.15, 0.2) is 334 Å². The van der Waals surface area contributed by atoms with E-state index in [1.807, 2.05) is 0 Å². The molecule has 21 rings (SSSR count). The molecule has 0 unspecified atom stereocenters. The molecule has 2 aliphatic rings. The highest BCUT2D eigenvalue weighted by atomic mass is 15.0. The average Bonchev–Trinajstić information content (AvgIpc) is 1.56. The lowest BCUT2D eigenvalue weighted by Gasteiger charge is -2.21. The van der Waals surface area contributed by atoms with Crippen LogP contribution in [0, 0.1) is 0 Å². The highest BCUT2D eigenvalue weighted by Crippen LogP contribution is 2.55. The van der Waals surface area contributed by atoms with Crippen LogP contribution in [0.3, 0.4) is 0 Å². The van der Waals surface area contributed by atoms with Gasteiger partial charge in [-0.2, -0.15) is 0 Å². The number of nitrogens with zero attached hydrogens (tertiary/aromatic N) is 3. The van der Waals surface area contributed by atoms with Crippen molar-refractivity contribution in [3.05, 3.63) is 356 Å². The second-order valence-electron chi connectivity index (χ2n) is 28.4. The molecule has 0 spiro atoms. The smallest absolute Gasteiger partial charge is 0.0622 e. The van der Waals surface area contributed by atoms with Crippen LogP contribution >= 0.6 is 0 Å². The Morgan fingerprint density at radius 2 is 0.610 bits per heavy atom. The van der Waals surface area contributed by atoms with Crippen LogP contribution in [0.25, 0.3) is 171 Å². The molecule has 0 saturated carbocycles. The van der Waals surface area contributed by atoms with Gasteiger partial charge in [-0.25, -0.2) is 0 Å². The molecule has 4 heteroatoms. The molecule has 1 N–H and O–H groups in total. The summed E-state index contributed by atoms with van der Waals surface area (Å²) in [4.78, 5) is 3.82. The molecule has 0 fully saturated rings. The second kappa shape index (κ2) is 22.0. The van der Waals surface area contributed by atoms with Gasteiger partial charge in [-0.15, -0.1) is 0 Å². The molecular formula is C96H68N4. The third-order valence-corrected chi connectivity index (χ3v) is 22.2. The van der Waals surface area contributed by atoms with E-state index < -0.39 is 0 Å². The molecule has 2 aliphatic carbocycles. The average molecular weight is 1280 g/mol. The van der Waals surface area contributed by atoms with Gasteiger partial charge in [0, 0.05) is 87.6 Å². The molecule has 0 radical (unpaired) electrons. The molecule has 15 aromatic carbocycles. The van der Waals surface area contributed by atoms with Gasteiger partial charge in [0.05, 0.1) is 38.6 Å². The highest BCUT2D eigenvalue weighted by Gasteiger charge is 2.39. The first-order chi connectivity index (χ1) is 49.1. The fourth-order valence-electron chi connectivity index (χ4n) is 17.4. The molecule has 472 valence electrons. The van der Waals surface area contributed by atoms with Crippen molar-refractivity contribution in [3.63, 3.8) is 0 Å². The zero-order chi connectivity index (χ0) is 66.5. The van der Waals surface area contributed by atoms with Crippen molar-refractivity contribution in [2.45, 2.75) is 38.5 Å². The maximum Gasteiger partial charge on any atom is 0.0622 e. The van der Waals surface area contributed by atoms with Gasteiger partial charge in [-0.3, -0.25) is 0 Å². The molecule has 0 bridgehead atoms. The number of hydrogen-bond donors (Lipinski definition) is 1. The zero-order valence-corrected chi connectivity index (χ0v) is 56.1. The maximum absolute atomic E-state index is 3.82. The summed E-state index contributed by atoms with van der Waals surface area (Å²) < 4.78 is 7.31. The minimum atomic E-state index is -0.0687. The molecule has 0 aliphatic heterocycles. The first kappa shape index (κ1) is 57.7. The number of hydrogen-bond acceptors (Lipinski definition) is 0. The first-order valence-corrected chi connectivity index (χ1v) is 35.0. The molecule has 4 aromatic heterocycles. The Bertz CT molecular complexity index is 6570. The van der Waals surface area contributed by atoms with E-state index in [0.717, 1.165) is 5.69 Å². The molecule has 4 nitrogen and oxygen atoms in total. The van der Waals surface area contributed by atoms with E-state index in [9.17, 15) is 0 Å². The van der Waals surface area contributed by atoms with Gasteiger partial charge in [0.15, 0.2) is 0 Å². The lowest BCUT2D eigenvalue weighted by atomic mass is 9.82. The molecule has 100 heavy (non-hydrogen) atoms. The van der Waals surface area contributed by atoms with Crippen molar-refractivity contribution in [3.8, 4) is 83.8 Å². The molecule has 19 aromatic rings. The lowest BCUT2D eigenvalue weighted by Crippen LogP contribution is -2.14. The Morgan fingerprint density at radius 3 is 1.15 bits per heavy atom. The van der Waals surface area contributed by atoms with Crippen molar-refractivity contribution in [2.75, 3.05) is 0 Å². The van der Waals surface area contributed by atoms with Gasteiger partial charge in [-0.05, 0) is 175 Å². The van der Waals surface area contributed by atoms with Crippen LogP contribution < -0.4 is 0 Å². The van der Waals surface area contributed by atoms with Gasteiger partial charge in [0.25, 0.3) is 0 Å². The van der Waals surface area contributed by atoms with Crippen LogP contribution in [0.5, 0.6) is 0 Å². The van der Waals surface area contributed by atoms with Gasteiger partial charge >= 0.3 is 0 Å². The predicted octanol–water partition coefficient (Wildman–Crippen LogP) is 25.6. The van der Waals surface area contributed by atoms with E-state index in [1.54, 1.807) is 0 Å².